The van der Waals surface area contributed by atoms with Gasteiger partial charge in [0.2, 0.25) is 0 Å². The highest BCUT2D eigenvalue weighted by Crippen LogP contribution is 2.09. The highest BCUT2D eigenvalue weighted by molar-refractivity contribution is 7.90. The number of rotatable bonds is 3. The van der Waals surface area contributed by atoms with Gasteiger partial charge in [-0.05, 0) is 18.2 Å². The second-order valence-electron chi connectivity index (χ2n) is 3.34. The largest absolute Gasteiger partial charge is 0.368 e. The van der Waals surface area contributed by atoms with Crippen molar-refractivity contribution in [2.45, 2.75) is 4.90 Å². The SMILES string of the molecule is [B]c1cc(F)ccc1S(=O)(=O)N=CN(C)C. The van der Waals surface area contributed by atoms with Gasteiger partial charge in [-0.3, -0.25) is 0 Å². The van der Waals surface area contributed by atoms with Crippen LogP contribution < -0.4 is 5.46 Å². The minimum atomic E-state index is -3.87. The summed E-state index contributed by atoms with van der Waals surface area (Å²) >= 11 is 0. The molecule has 7 heteroatoms. The molecule has 1 aromatic carbocycles. The molecular formula is C9H10BFN2O2S. The fraction of sp³-hybridized carbons (Fsp3) is 0.222. The Kier molecular flexibility index (Phi) is 3.69. The van der Waals surface area contributed by atoms with Gasteiger partial charge in [0.25, 0.3) is 10.0 Å². The zero-order valence-electron chi connectivity index (χ0n) is 8.88. The number of benzene rings is 1. The van der Waals surface area contributed by atoms with Crippen LogP contribution in [-0.4, -0.2) is 41.6 Å². The molecule has 1 rings (SSSR count). The van der Waals surface area contributed by atoms with Gasteiger partial charge in [-0.2, -0.15) is 8.42 Å². The first-order chi connectivity index (χ1) is 7.33. The monoisotopic (exact) mass is 240 g/mol. The van der Waals surface area contributed by atoms with Crippen LogP contribution in [0.4, 0.5) is 4.39 Å². The van der Waals surface area contributed by atoms with Gasteiger partial charge < -0.3 is 4.90 Å². The molecule has 0 aliphatic heterocycles. The lowest BCUT2D eigenvalue weighted by Crippen LogP contribution is -2.16. The van der Waals surface area contributed by atoms with Crippen LogP contribution in [0, 0.1) is 5.82 Å². The zero-order valence-corrected chi connectivity index (χ0v) is 9.70. The van der Waals surface area contributed by atoms with Crippen molar-refractivity contribution < 1.29 is 12.8 Å². The Balaban J connectivity index is 3.18. The van der Waals surface area contributed by atoms with Crippen molar-refractivity contribution in [1.29, 1.82) is 0 Å². The molecule has 0 N–H and O–H groups in total. The highest BCUT2D eigenvalue weighted by Gasteiger charge is 2.14. The number of halogens is 1. The Bertz CT molecular complexity index is 514. The van der Waals surface area contributed by atoms with Crippen molar-refractivity contribution in [3.8, 4) is 0 Å². The predicted molar refractivity (Wildman–Crippen MR) is 61.2 cm³/mol. The van der Waals surface area contributed by atoms with Crippen molar-refractivity contribution in [2.24, 2.45) is 4.40 Å². The quantitative estimate of drug-likeness (QED) is 0.421. The lowest BCUT2D eigenvalue weighted by Gasteiger charge is -2.05. The Hall–Kier alpha value is -1.37. The number of sulfonamides is 1. The van der Waals surface area contributed by atoms with E-state index in [1.807, 2.05) is 0 Å². The second-order valence-corrected chi connectivity index (χ2v) is 4.94. The third kappa shape index (κ3) is 3.06. The molecule has 0 saturated carbocycles. The van der Waals surface area contributed by atoms with E-state index >= 15 is 0 Å². The zero-order chi connectivity index (χ0) is 12.3. The van der Waals surface area contributed by atoms with Crippen molar-refractivity contribution in [2.75, 3.05) is 14.1 Å². The second kappa shape index (κ2) is 4.65. The molecule has 16 heavy (non-hydrogen) atoms. The first-order valence-electron chi connectivity index (χ1n) is 4.35. The molecule has 4 nitrogen and oxygen atoms in total. The summed E-state index contributed by atoms with van der Waals surface area (Å²) in [6.07, 6.45) is 1.14. The maximum absolute atomic E-state index is 12.7. The van der Waals surface area contributed by atoms with Gasteiger partial charge in [0.15, 0.2) is 0 Å². The Morgan fingerprint density at radius 1 is 1.44 bits per heavy atom. The van der Waals surface area contributed by atoms with Crippen LogP contribution >= 0.6 is 0 Å². The minimum Gasteiger partial charge on any atom is -0.368 e. The first-order valence-corrected chi connectivity index (χ1v) is 5.79. The van der Waals surface area contributed by atoms with Crippen molar-refractivity contribution in [3.05, 3.63) is 24.0 Å². The highest BCUT2D eigenvalue weighted by atomic mass is 32.2. The van der Waals surface area contributed by atoms with Crippen LogP contribution in [0.2, 0.25) is 0 Å². The third-order valence-corrected chi connectivity index (χ3v) is 2.97. The van der Waals surface area contributed by atoms with Gasteiger partial charge in [0, 0.05) is 14.1 Å². The van der Waals surface area contributed by atoms with E-state index in [2.05, 4.69) is 4.40 Å². The molecule has 0 aliphatic carbocycles. The Morgan fingerprint density at radius 3 is 2.56 bits per heavy atom. The van der Waals surface area contributed by atoms with Crippen LogP contribution in [0.1, 0.15) is 0 Å². The maximum Gasteiger partial charge on any atom is 0.283 e. The van der Waals surface area contributed by atoms with Gasteiger partial charge in [-0.25, -0.2) is 4.39 Å². The van der Waals surface area contributed by atoms with Crippen LogP contribution in [0.25, 0.3) is 0 Å². The van der Waals surface area contributed by atoms with E-state index in [4.69, 9.17) is 7.85 Å². The molecule has 0 fully saturated rings. The van der Waals surface area contributed by atoms with Crippen molar-refractivity contribution in [1.82, 2.24) is 4.90 Å². The van der Waals surface area contributed by atoms with Gasteiger partial charge in [-0.15, -0.1) is 4.40 Å². The van der Waals surface area contributed by atoms with E-state index in [9.17, 15) is 12.8 Å². The normalized spacial score (nSPS) is 11.9. The standard InChI is InChI=1S/C9H10BFN2O2S/c1-13(2)6-12-16(14,15)9-4-3-7(11)5-8(9)10/h3-6H,1-2H3. The summed E-state index contributed by atoms with van der Waals surface area (Å²) in [6.45, 7) is 0. The Labute approximate surface area is 95.3 Å². The number of hydrogen-bond acceptors (Lipinski definition) is 2. The van der Waals surface area contributed by atoms with E-state index in [0.717, 1.165) is 24.5 Å². The van der Waals surface area contributed by atoms with E-state index in [1.54, 1.807) is 14.1 Å². The fourth-order valence-electron chi connectivity index (χ4n) is 0.967. The lowest BCUT2D eigenvalue weighted by atomic mass is 9.96. The Morgan fingerprint density at radius 2 is 2.06 bits per heavy atom. The summed E-state index contributed by atoms with van der Waals surface area (Å²) < 4.78 is 39.4. The summed E-state index contributed by atoms with van der Waals surface area (Å²) in [4.78, 5) is 1.27. The summed E-state index contributed by atoms with van der Waals surface area (Å²) in [5.74, 6) is -0.590. The van der Waals surface area contributed by atoms with E-state index in [-0.39, 0.29) is 10.4 Å². The van der Waals surface area contributed by atoms with Gasteiger partial charge in [0.05, 0.1) is 4.90 Å². The molecule has 0 spiro atoms. The molecule has 2 radical (unpaired) electrons. The van der Waals surface area contributed by atoms with Gasteiger partial charge >= 0.3 is 0 Å². The summed E-state index contributed by atoms with van der Waals surface area (Å²) in [5, 5.41) is 0. The van der Waals surface area contributed by atoms with Gasteiger partial charge in [0.1, 0.15) is 20.0 Å². The molecule has 0 unspecified atom stereocenters. The molecule has 0 aromatic heterocycles. The number of hydrogen-bond donors (Lipinski definition) is 0. The molecule has 0 amide bonds. The minimum absolute atomic E-state index is 0.157. The molecule has 1 aromatic rings. The van der Waals surface area contributed by atoms with Crippen LogP contribution in [0.15, 0.2) is 27.5 Å². The molecule has 0 atom stereocenters. The molecule has 0 heterocycles. The number of nitrogens with zero attached hydrogens (tertiary/aromatic N) is 2. The molecule has 0 bridgehead atoms. The average molecular weight is 240 g/mol. The predicted octanol–water partition coefficient (Wildman–Crippen LogP) is -0.102. The third-order valence-electron chi connectivity index (χ3n) is 1.67. The van der Waals surface area contributed by atoms with E-state index in [1.165, 1.54) is 4.90 Å². The van der Waals surface area contributed by atoms with Crippen LogP contribution in [0.5, 0.6) is 0 Å². The lowest BCUT2D eigenvalue weighted by molar-refractivity contribution is 0.594. The summed E-state index contributed by atoms with van der Waals surface area (Å²) in [5.41, 5.74) is -0.157. The summed E-state index contributed by atoms with van der Waals surface area (Å²) in [6, 6.07) is 3.06. The molecule has 0 aliphatic rings. The van der Waals surface area contributed by atoms with Gasteiger partial charge in [-0.1, -0.05) is 5.46 Å². The maximum atomic E-state index is 12.7. The van der Waals surface area contributed by atoms with Crippen molar-refractivity contribution in [3.63, 3.8) is 0 Å². The molecule has 84 valence electrons. The fourth-order valence-corrected chi connectivity index (χ4v) is 1.99. The van der Waals surface area contributed by atoms with E-state index < -0.39 is 15.8 Å². The average Bonchev–Trinajstić information content (AvgIpc) is 2.14. The summed E-state index contributed by atoms with van der Waals surface area (Å²) in [7, 11) is 4.80. The van der Waals surface area contributed by atoms with E-state index in [0.29, 0.717) is 0 Å². The molecule has 0 saturated heterocycles. The van der Waals surface area contributed by atoms with Crippen LogP contribution in [-0.2, 0) is 10.0 Å². The first kappa shape index (κ1) is 12.7. The smallest absolute Gasteiger partial charge is 0.283 e. The topological polar surface area (TPSA) is 49.7 Å². The molecular weight excluding hydrogens is 230 g/mol. The van der Waals surface area contributed by atoms with Crippen molar-refractivity contribution >= 4 is 29.7 Å². The van der Waals surface area contributed by atoms with Crippen LogP contribution in [0.3, 0.4) is 0 Å².